The molecule has 7 heteroatoms. The molecule has 0 spiro atoms. The predicted octanol–water partition coefficient (Wildman–Crippen LogP) is 2.78. The number of hydrogen-bond acceptors (Lipinski definition) is 6. The Morgan fingerprint density at radius 1 is 1.42 bits per heavy atom. The highest BCUT2D eigenvalue weighted by molar-refractivity contribution is 7.98. The van der Waals surface area contributed by atoms with Crippen LogP contribution in [0.1, 0.15) is 12.7 Å². The lowest BCUT2D eigenvalue weighted by Gasteiger charge is -2.04. The standard InChI is InChI=1S/C12H13N5S2/c1-2-17-5-4-14-9(17)7-19-12-15-10(13)8-3-6-18-11(8)16-12/h3-6H,2,7H2,1H3,(H2,13,15,16). The zero-order chi connectivity index (χ0) is 13.2. The number of imidazole rings is 1. The van der Waals surface area contributed by atoms with Gasteiger partial charge in [-0.3, -0.25) is 0 Å². The van der Waals surface area contributed by atoms with E-state index < -0.39 is 0 Å². The van der Waals surface area contributed by atoms with E-state index in [2.05, 4.69) is 26.4 Å². The first-order valence-corrected chi connectivity index (χ1v) is 7.78. The van der Waals surface area contributed by atoms with Crippen LogP contribution in [0.2, 0.25) is 0 Å². The maximum atomic E-state index is 5.93. The van der Waals surface area contributed by atoms with Crippen molar-refractivity contribution in [3.05, 3.63) is 29.7 Å². The first-order valence-electron chi connectivity index (χ1n) is 5.91. The molecule has 0 radical (unpaired) electrons. The molecule has 0 saturated heterocycles. The Balaban J connectivity index is 1.82. The highest BCUT2D eigenvalue weighted by Gasteiger charge is 2.08. The van der Waals surface area contributed by atoms with E-state index >= 15 is 0 Å². The van der Waals surface area contributed by atoms with Crippen LogP contribution in [0.25, 0.3) is 10.2 Å². The quantitative estimate of drug-likeness (QED) is 0.591. The van der Waals surface area contributed by atoms with E-state index in [4.69, 9.17) is 5.73 Å². The smallest absolute Gasteiger partial charge is 0.191 e. The molecule has 0 unspecified atom stereocenters. The third kappa shape index (κ3) is 2.43. The summed E-state index contributed by atoms with van der Waals surface area (Å²) in [4.78, 5) is 14.1. The maximum absolute atomic E-state index is 5.93. The highest BCUT2D eigenvalue weighted by atomic mass is 32.2. The fourth-order valence-corrected chi connectivity index (χ4v) is 3.47. The molecular weight excluding hydrogens is 278 g/mol. The number of nitrogens with two attached hydrogens (primary N) is 1. The maximum Gasteiger partial charge on any atom is 0.191 e. The molecule has 0 fully saturated rings. The van der Waals surface area contributed by atoms with Crippen LogP contribution in [0.15, 0.2) is 29.0 Å². The first kappa shape index (κ1) is 12.4. The number of aromatic nitrogens is 4. The predicted molar refractivity (Wildman–Crippen MR) is 79.3 cm³/mol. The Hall–Kier alpha value is -1.60. The Labute approximate surface area is 118 Å². The van der Waals surface area contributed by atoms with Gasteiger partial charge in [0, 0.05) is 18.9 Å². The van der Waals surface area contributed by atoms with Gasteiger partial charge in [-0.1, -0.05) is 11.8 Å². The third-order valence-electron chi connectivity index (χ3n) is 2.81. The molecule has 98 valence electrons. The molecule has 0 bridgehead atoms. The zero-order valence-corrected chi connectivity index (χ0v) is 12.0. The molecule has 3 aromatic heterocycles. The molecular formula is C12H13N5S2. The number of nitrogen functional groups attached to an aromatic ring is 1. The number of anilines is 1. The van der Waals surface area contributed by atoms with Gasteiger partial charge in [0.1, 0.15) is 16.5 Å². The normalized spacial score (nSPS) is 11.2. The SMILES string of the molecule is CCn1ccnc1CSc1nc(N)c2ccsc2n1. The number of thioether (sulfide) groups is 1. The summed E-state index contributed by atoms with van der Waals surface area (Å²) in [5.41, 5.74) is 5.93. The van der Waals surface area contributed by atoms with Gasteiger partial charge in [-0.05, 0) is 18.4 Å². The summed E-state index contributed by atoms with van der Waals surface area (Å²) in [5, 5.41) is 3.62. The average molecular weight is 291 g/mol. The van der Waals surface area contributed by atoms with Crippen LogP contribution in [0.5, 0.6) is 0 Å². The van der Waals surface area contributed by atoms with Crippen molar-refractivity contribution in [1.82, 2.24) is 19.5 Å². The molecule has 3 rings (SSSR count). The van der Waals surface area contributed by atoms with Crippen molar-refractivity contribution in [1.29, 1.82) is 0 Å². The van der Waals surface area contributed by atoms with Gasteiger partial charge in [-0.15, -0.1) is 11.3 Å². The van der Waals surface area contributed by atoms with E-state index in [0.717, 1.165) is 28.3 Å². The largest absolute Gasteiger partial charge is 0.383 e. The monoisotopic (exact) mass is 291 g/mol. The van der Waals surface area contributed by atoms with Crippen LogP contribution >= 0.6 is 23.1 Å². The Kier molecular flexibility index (Phi) is 3.39. The minimum absolute atomic E-state index is 0.549. The van der Waals surface area contributed by atoms with Crippen LogP contribution in [0.3, 0.4) is 0 Å². The van der Waals surface area contributed by atoms with Crippen molar-refractivity contribution in [3.63, 3.8) is 0 Å². The van der Waals surface area contributed by atoms with Crippen LogP contribution in [0.4, 0.5) is 5.82 Å². The summed E-state index contributed by atoms with van der Waals surface area (Å²) in [5.74, 6) is 2.32. The molecule has 0 aliphatic carbocycles. The second-order valence-electron chi connectivity index (χ2n) is 3.95. The number of aryl methyl sites for hydroxylation is 1. The summed E-state index contributed by atoms with van der Waals surface area (Å²) >= 11 is 3.14. The molecule has 2 N–H and O–H groups in total. The van der Waals surface area contributed by atoms with Crippen LogP contribution < -0.4 is 5.73 Å². The molecule has 0 aromatic carbocycles. The number of rotatable bonds is 4. The van der Waals surface area contributed by atoms with Crippen LogP contribution in [0, 0.1) is 0 Å². The van der Waals surface area contributed by atoms with Gasteiger partial charge in [0.2, 0.25) is 0 Å². The third-order valence-corrected chi connectivity index (χ3v) is 4.46. The first-order chi connectivity index (χ1) is 9.28. The van der Waals surface area contributed by atoms with Crippen molar-refractivity contribution < 1.29 is 0 Å². The van der Waals surface area contributed by atoms with E-state index in [1.54, 1.807) is 23.1 Å². The summed E-state index contributed by atoms with van der Waals surface area (Å²) in [7, 11) is 0. The van der Waals surface area contributed by atoms with Gasteiger partial charge in [0.25, 0.3) is 0 Å². The number of nitrogens with zero attached hydrogens (tertiary/aromatic N) is 4. The van der Waals surface area contributed by atoms with Gasteiger partial charge in [0.15, 0.2) is 5.16 Å². The molecule has 3 aromatic rings. The fourth-order valence-electron chi connectivity index (χ4n) is 1.82. The zero-order valence-electron chi connectivity index (χ0n) is 10.4. The number of thiophene rings is 1. The van der Waals surface area contributed by atoms with Crippen molar-refractivity contribution in [3.8, 4) is 0 Å². The lowest BCUT2D eigenvalue weighted by atomic mass is 10.4. The Morgan fingerprint density at radius 3 is 3.16 bits per heavy atom. The summed E-state index contributed by atoms with van der Waals surface area (Å²) in [6.45, 7) is 3.02. The van der Waals surface area contributed by atoms with Gasteiger partial charge in [-0.2, -0.15) is 0 Å². The topological polar surface area (TPSA) is 69.6 Å². The Bertz CT molecular complexity index is 703. The minimum atomic E-state index is 0.549. The van der Waals surface area contributed by atoms with E-state index in [9.17, 15) is 0 Å². The van der Waals surface area contributed by atoms with E-state index in [-0.39, 0.29) is 0 Å². The minimum Gasteiger partial charge on any atom is -0.383 e. The van der Waals surface area contributed by atoms with E-state index in [1.165, 1.54) is 0 Å². The van der Waals surface area contributed by atoms with Crippen molar-refractivity contribution in [2.45, 2.75) is 24.4 Å². The summed E-state index contributed by atoms with van der Waals surface area (Å²) in [6, 6.07) is 1.95. The lowest BCUT2D eigenvalue weighted by molar-refractivity contribution is 0.725. The Morgan fingerprint density at radius 2 is 2.32 bits per heavy atom. The van der Waals surface area contributed by atoms with Crippen LogP contribution in [-0.2, 0) is 12.3 Å². The van der Waals surface area contributed by atoms with Gasteiger partial charge in [-0.25, -0.2) is 15.0 Å². The van der Waals surface area contributed by atoms with Crippen molar-refractivity contribution >= 4 is 39.1 Å². The molecule has 0 atom stereocenters. The molecule has 3 heterocycles. The van der Waals surface area contributed by atoms with Gasteiger partial charge in [0.05, 0.1) is 11.1 Å². The average Bonchev–Trinajstić information content (AvgIpc) is 3.04. The van der Waals surface area contributed by atoms with E-state index in [0.29, 0.717) is 11.0 Å². The molecule has 0 amide bonds. The highest BCUT2D eigenvalue weighted by Crippen LogP contribution is 2.27. The summed E-state index contributed by atoms with van der Waals surface area (Å²) < 4.78 is 2.11. The molecule has 5 nitrogen and oxygen atoms in total. The van der Waals surface area contributed by atoms with Gasteiger partial charge >= 0.3 is 0 Å². The van der Waals surface area contributed by atoms with Crippen molar-refractivity contribution in [2.75, 3.05) is 5.73 Å². The lowest BCUT2D eigenvalue weighted by Crippen LogP contribution is -2.00. The van der Waals surface area contributed by atoms with Crippen LogP contribution in [-0.4, -0.2) is 19.5 Å². The van der Waals surface area contributed by atoms with Crippen molar-refractivity contribution in [2.24, 2.45) is 0 Å². The molecule has 0 aliphatic heterocycles. The molecule has 19 heavy (non-hydrogen) atoms. The number of hydrogen-bond donors (Lipinski definition) is 1. The summed E-state index contributed by atoms with van der Waals surface area (Å²) in [6.07, 6.45) is 3.80. The molecule has 0 saturated carbocycles. The fraction of sp³-hybridized carbons (Fsp3) is 0.250. The second kappa shape index (κ2) is 5.18. The second-order valence-corrected chi connectivity index (χ2v) is 5.79. The number of fused-ring (bicyclic) bond motifs is 1. The molecule has 0 aliphatic rings. The van der Waals surface area contributed by atoms with Gasteiger partial charge < -0.3 is 10.3 Å². The van der Waals surface area contributed by atoms with E-state index in [1.807, 2.05) is 23.8 Å².